The molecule has 0 aliphatic heterocycles. The molecule has 2 N–H and O–H groups in total. The van der Waals surface area contributed by atoms with Crippen LogP contribution in [0.1, 0.15) is 22.5 Å². The SMILES string of the molecule is COc1ccc(C)cc1NC(=O)NCc1c(C)nn(C)c1C. The van der Waals surface area contributed by atoms with Crippen molar-refractivity contribution >= 4 is 11.7 Å². The van der Waals surface area contributed by atoms with Crippen molar-refractivity contribution in [3.63, 3.8) is 0 Å². The van der Waals surface area contributed by atoms with Gasteiger partial charge in [0.2, 0.25) is 0 Å². The summed E-state index contributed by atoms with van der Waals surface area (Å²) in [4.78, 5) is 12.1. The zero-order valence-corrected chi connectivity index (χ0v) is 13.7. The fraction of sp³-hybridized carbons (Fsp3) is 0.375. The van der Waals surface area contributed by atoms with Gasteiger partial charge in [-0.1, -0.05) is 6.07 Å². The Morgan fingerprint density at radius 1 is 1.32 bits per heavy atom. The number of ether oxygens (including phenoxy) is 1. The van der Waals surface area contributed by atoms with E-state index >= 15 is 0 Å². The van der Waals surface area contributed by atoms with E-state index in [1.165, 1.54) is 0 Å². The van der Waals surface area contributed by atoms with Gasteiger partial charge in [-0.3, -0.25) is 4.68 Å². The van der Waals surface area contributed by atoms with Crippen LogP contribution in [0.5, 0.6) is 5.75 Å². The number of carbonyl (C=O) groups is 1. The second-order valence-electron chi connectivity index (χ2n) is 5.28. The molecule has 0 spiro atoms. The molecule has 1 heterocycles. The van der Waals surface area contributed by atoms with Crippen molar-refractivity contribution < 1.29 is 9.53 Å². The Balaban J connectivity index is 2.03. The normalized spacial score (nSPS) is 10.4. The molecule has 0 radical (unpaired) electrons. The summed E-state index contributed by atoms with van der Waals surface area (Å²) in [6.45, 7) is 6.32. The third kappa shape index (κ3) is 3.39. The molecule has 118 valence electrons. The number of amides is 2. The van der Waals surface area contributed by atoms with Crippen molar-refractivity contribution in [1.29, 1.82) is 0 Å². The van der Waals surface area contributed by atoms with E-state index in [0.717, 1.165) is 22.5 Å². The van der Waals surface area contributed by atoms with E-state index in [1.54, 1.807) is 7.11 Å². The van der Waals surface area contributed by atoms with Crippen molar-refractivity contribution in [1.82, 2.24) is 15.1 Å². The summed E-state index contributed by atoms with van der Waals surface area (Å²) < 4.78 is 7.06. The molecule has 0 saturated carbocycles. The lowest BCUT2D eigenvalue weighted by molar-refractivity contribution is 0.251. The first kappa shape index (κ1) is 15.9. The van der Waals surface area contributed by atoms with Crippen molar-refractivity contribution in [2.24, 2.45) is 7.05 Å². The Hall–Kier alpha value is -2.50. The first-order chi connectivity index (χ1) is 10.4. The summed E-state index contributed by atoms with van der Waals surface area (Å²) in [5, 5.41) is 10.0. The number of methoxy groups -OCH3 is 1. The number of benzene rings is 1. The van der Waals surface area contributed by atoms with Crippen LogP contribution in [0.2, 0.25) is 0 Å². The molecule has 0 unspecified atom stereocenters. The summed E-state index contributed by atoms with van der Waals surface area (Å²) in [6.07, 6.45) is 0. The highest BCUT2D eigenvalue weighted by Gasteiger charge is 2.12. The number of hydrogen-bond acceptors (Lipinski definition) is 3. The van der Waals surface area contributed by atoms with Gasteiger partial charge in [0, 0.05) is 24.8 Å². The second kappa shape index (κ2) is 6.51. The molecule has 1 aromatic heterocycles. The highest BCUT2D eigenvalue weighted by Crippen LogP contribution is 2.25. The van der Waals surface area contributed by atoms with Crippen molar-refractivity contribution in [2.75, 3.05) is 12.4 Å². The first-order valence-corrected chi connectivity index (χ1v) is 7.11. The molecule has 0 aliphatic carbocycles. The molecule has 0 fully saturated rings. The van der Waals surface area contributed by atoms with Gasteiger partial charge in [0.1, 0.15) is 5.75 Å². The molecule has 6 heteroatoms. The van der Waals surface area contributed by atoms with Gasteiger partial charge in [-0.25, -0.2) is 4.79 Å². The predicted molar refractivity (Wildman–Crippen MR) is 86.3 cm³/mol. The smallest absolute Gasteiger partial charge is 0.319 e. The van der Waals surface area contributed by atoms with Crippen LogP contribution >= 0.6 is 0 Å². The van der Waals surface area contributed by atoms with Crippen LogP contribution in [0.15, 0.2) is 18.2 Å². The minimum absolute atomic E-state index is 0.272. The van der Waals surface area contributed by atoms with E-state index < -0.39 is 0 Å². The molecule has 22 heavy (non-hydrogen) atoms. The Morgan fingerprint density at radius 3 is 2.64 bits per heavy atom. The summed E-state index contributed by atoms with van der Waals surface area (Å²) >= 11 is 0. The monoisotopic (exact) mass is 302 g/mol. The van der Waals surface area contributed by atoms with Gasteiger partial charge in [0.15, 0.2) is 0 Å². The maximum atomic E-state index is 12.1. The van der Waals surface area contributed by atoms with E-state index in [9.17, 15) is 4.79 Å². The van der Waals surface area contributed by atoms with Crippen LogP contribution in [0.3, 0.4) is 0 Å². The van der Waals surface area contributed by atoms with Crippen LogP contribution in [0.4, 0.5) is 10.5 Å². The van der Waals surface area contributed by atoms with E-state index in [1.807, 2.05) is 50.7 Å². The Labute approximate surface area is 130 Å². The Bertz CT molecular complexity index is 692. The number of carbonyl (C=O) groups excluding carboxylic acids is 1. The largest absolute Gasteiger partial charge is 0.495 e. The number of nitrogens with zero attached hydrogens (tertiary/aromatic N) is 2. The number of hydrogen-bond donors (Lipinski definition) is 2. The van der Waals surface area contributed by atoms with Crippen molar-refractivity contribution in [3.05, 3.63) is 40.7 Å². The summed E-state index contributed by atoms with van der Waals surface area (Å²) in [5.41, 5.74) is 4.71. The van der Waals surface area contributed by atoms with Gasteiger partial charge in [0.25, 0.3) is 0 Å². The lowest BCUT2D eigenvalue weighted by Crippen LogP contribution is -2.28. The molecule has 2 aromatic rings. The molecule has 0 aliphatic rings. The average Bonchev–Trinajstić information content (AvgIpc) is 2.70. The second-order valence-corrected chi connectivity index (χ2v) is 5.28. The number of aryl methyl sites for hydroxylation is 3. The molecule has 6 nitrogen and oxygen atoms in total. The number of rotatable bonds is 4. The van der Waals surface area contributed by atoms with Crippen molar-refractivity contribution in [3.8, 4) is 5.75 Å². The molecule has 0 saturated heterocycles. The first-order valence-electron chi connectivity index (χ1n) is 7.11. The van der Waals surface area contributed by atoms with Gasteiger partial charge in [-0.2, -0.15) is 5.10 Å². The minimum atomic E-state index is -0.272. The van der Waals surface area contributed by atoms with Gasteiger partial charge in [0.05, 0.1) is 18.5 Å². The Morgan fingerprint density at radius 2 is 2.05 bits per heavy atom. The van der Waals surface area contributed by atoms with Crippen LogP contribution < -0.4 is 15.4 Å². The van der Waals surface area contributed by atoms with E-state index in [-0.39, 0.29) is 6.03 Å². The average molecular weight is 302 g/mol. The summed E-state index contributed by atoms with van der Waals surface area (Å²) in [7, 11) is 3.47. The number of nitrogens with one attached hydrogen (secondary N) is 2. The summed E-state index contributed by atoms with van der Waals surface area (Å²) in [6, 6.07) is 5.37. The number of urea groups is 1. The fourth-order valence-corrected chi connectivity index (χ4v) is 2.33. The molecule has 2 rings (SSSR count). The maximum absolute atomic E-state index is 12.1. The molecule has 2 amide bonds. The highest BCUT2D eigenvalue weighted by atomic mass is 16.5. The standard InChI is InChI=1S/C16H22N4O2/c1-10-6-7-15(22-5)14(8-10)18-16(21)17-9-13-11(2)19-20(4)12(13)3/h6-8H,9H2,1-5H3,(H2,17,18,21). The molecular weight excluding hydrogens is 280 g/mol. The van der Waals surface area contributed by atoms with Crippen LogP contribution in [-0.4, -0.2) is 22.9 Å². The highest BCUT2D eigenvalue weighted by molar-refractivity contribution is 5.91. The number of anilines is 1. The predicted octanol–water partition coefficient (Wildman–Crippen LogP) is 2.68. The van der Waals surface area contributed by atoms with Gasteiger partial charge >= 0.3 is 6.03 Å². The summed E-state index contributed by atoms with van der Waals surface area (Å²) in [5.74, 6) is 0.634. The molecular formula is C16H22N4O2. The quantitative estimate of drug-likeness (QED) is 0.912. The minimum Gasteiger partial charge on any atom is -0.495 e. The van der Waals surface area contributed by atoms with Gasteiger partial charge in [-0.15, -0.1) is 0 Å². The zero-order chi connectivity index (χ0) is 16.3. The number of aromatic nitrogens is 2. The zero-order valence-electron chi connectivity index (χ0n) is 13.7. The fourth-order valence-electron chi connectivity index (χ4n) is 2.33. The van der Waals surface area contributed by atoms with Gasteiger partial charge in [-0.05, 0) is 38.5 Å². The Kier molecular flexibility index (Phi) is 4.70. The van der Waals surface area contributed by atoms with E-state index in [0.29, 0.717) is 18.0 Å². The van der Waals surface area contributed by atoms with Crippen molar-refractivity contribution in [2.45, 2.75) is 27.3 Å². The molecule has 0 atom stereocenters. The lowest BCUT2D eigenvalue weighted by atomic mass is 10.2. The molecule has 1 aromatic carbocycles. The third-order valence-electron chi connectivity index (χ3n) is 3.69. The van der Waals surface area contributed by atoms with Crippen LogP contribution in [0, 0.1) is 20.8 Å². The topological polar surface area (TPSA) is 68.2 Å². The lowest BCUT2D eigenvalue weighted by Gasteiger charge is -2.12. The maximum Gasteiger partial charge on any atom is 0.319 e. The molecule has 0 bridgehead atoms. The third-order valence-corrected chi connectivity index (χ3v) is 3.69. The van der Waals surface area contributed by atoms with Crippen LogP contribution in [-0.2, 0) is 13.6 Å². The van der Waals surface area contributed by atoms with E-state index in [2.05, 4.69) is 15.7 Å². The van der Waals surface area contributed by atoms with Crippen LogP contribution in [0.25, 0.3) is 0 Å². The van der Waals surface area contributed by atoms with E-state index in [4.69, 9.17) is 4.74 Å². The van der Waals surface area contributed by atoms with Gasteiger partial charge < -0.3 is 15.4 Å².